The Morgan fingerprint density at radius 1 is 0.710 bits per heavy atom. The van der Waals surface area contributed by atoms with E-state index in [1.807, 2.05) is 26.8 Å². The van der Waals surface area contributed by atoms with Crippen LogP contribution in [0.2, 0.25) is 0 Å². The molecule has 0 bridgehead atoms. The van der Waals surface area contributed by atoms with Gasteiger partial charge in [0.25, 0.3) is 0 Å². The van der Waals surface area contributed by atoms with Crippen molar-refractivity contribution in [2.75, 3.05) is 0 Å². The number of para-hydroxylation sites is 2. The first-order valence-electron chi connectivity index (χ1n) is 9.78. The summed E-state index contributed by atoms with van der Waals surface area (Å²) >= 11 is 0. The summed E-state index contributed by atoms with van der Waals surface area (Å²) in [6, 6.07) is 15.1. The minimum atomic E-state index is -1.04. The Kier molecular flexibility index (Phi) is 6.60. The van der Waals surface area contributed by atoms with Crippen LogP contribution in [0.3, 0.4) is 0 Å². The molecule has 3 aromatic rings. The maximum Gasteiger partial charge on any atom is 0.339 e. The Balaban J connectivity index is 1.85. The summed E-state index contributed by atoms with van der Waals surface area (Å²) in [5.74, 6) is -1.47. The van der Waals surface area contributed by atoms with Crippen LogP contribution in [0.5, 0.6) is 11.5 Å². The molecule has 0 saturated carbocycles. The molecule has 0 atom stereocenters. The minimum absolute atomic E-state index is 0.110. The topological polar surface area (TPSA) is 93.1 Å². The van der Waals surface area contributed by atoms with Crippen molar-refractivity contribution in [3.8, 4) is 11.5 Å². The van der Waals surface area contributed by atoms with E-state index in [1.54, 1.807) is 36.4 Å². The molecule has 6 heteroatoms. The maximum absolute atomic E-state index is 11.4. The number of carbonyl (C=O) groups is 2. The highest BCUT2D eigenvalue weighted by Crippen LogP contribution is 2.27. The molecule has 3 aromatic carbocycles. The second-order valence-electron chi connectivity index (χ2n) is 7.27. The largest absolute Gasteiger partial charge is 0.488 e. The standard InChI is InChI=1S/C25H24O6/c1-15-12-16(2)21(14-31-23-11-7-5-9-19(23)25(28)29)17(3)20(15)13-30-22-10-6-4-8-18(22)24(26)27/h4-12H,13-14H2,1-3H3,(H,26,27)(H,28,29). The molecule has 31 heavy (non-hydrogen) atoms. The number of carboxylic acid groups (broad SMARTS) is 2. The van der Waals surface area contributed by atoms with E-state index in [4.69, 9.17) is 9.47 Å². The molecular formula is C25H24O6. The van der Waals surface area contributed by atoms with Crippen molar-refractivity contribution in [1.82, 2.24) is 0 Å². The number of benzene rings is 3. The molecule has 0 saturated heterocycles. The van der Waals surface area contributed by atoms with Gasteiger partial charge in [-0.15, -0.1) is 0 Å². The molecule has 0 aromatic heterocycles. The van der Waals surface area contributed by atoms with Gasteiger partial charge in [0.2, 0.25) is 0 Å². The van der Waals surface area contributed by atoms with Gasteiger partial charge < -0.3 is 19.7 Å². The van der Waals surface area contributed by atoms with Crippen molar-refractivity contribution in [2.45, 2.75) is 34.0 Å². The van der Waals surface area contributed by atoms with E-state index < -0.39 is 11.9 Å². The number of aryl methyl sites for hydroxylation is 2. The number of ether oxygens (including phenoxy) is 2. The van der Waals surface area contributed by atoms with Crippen molar-refractivity contribution in [2.24, 2.45) is 0 Å². The lowest BCUT2D eigenvalue weighted by Gasteiger charge is -2.19. The van der Waals surface area contributed by atoms with Crippen LogP contribution in [0, 0.1) is 20.8 Å². The second kappa shape index (κ2) is 9.34. The zero-order chi connectivity index (χ0) is 22.5. The molecule has 0 aliphatic rings. The summed E-state index contributed by atoms with van der Waals surface area (Å²) in [6.07, 6.45) is 0. The van der Waals surface area contributed by atoms with Crippen molar-refractivity contribution >= 4 is 11.9 Å². The van der Waals surface area contributed by atoms with Crippen molar-refractivity contribution in [1.29, 1.82) is 0 Å². The fourth-order valence-electron chi connectivity index (χ4n) is 3.56. The average Bonchev–Trinajstić information content (AvgIpc) is 2.73. The van der Waals surface area contributed by atoms with Crippen molar-refractivity contribution in [3.05, 3.63) is 93.5 Å². The molecule has 0 unspecified atom stereocenters. The maximum atomic E-state index is 11.4. The first kappa shape index (κ1) is 21.9. The van der Waals surface area contributed by atoms with Gasteiger partial charge in [-0.1, -0.05) is 30.3 Å². The van der Waals surface area contributed by atoms with Crippen LogP contribution in [0.4, 0.5) is 0 Å². The lowest BCUT2D eigenvalue weighted by atomic mass is 9.94. The summed E-state index contributed by atoms with van der Waals surface area (Å²) in [7, 11) is 0. The van der Waals surface area contributed by atoms with Gasteiger partial charge in [-0.2, -0.15) is 0 Å². The third-order valence-electron chi connectivity index (χ3n) is 5.27. The number of carboxylic acids is 2. The highest BCUT2D eigenvalue weighted by Gasteiger charge is 2.16. The van der Waals surface area contributed by atoms with E-state index >= 15 is 0 Å². The first-order valence-corrected chi connectivity index (χ1v) is 9.78. The summed E-state index contributed by atoms with van der Waals surface area (Å²) in [6.45, 7) is 6.34. The van der Waals surface area contributed by atoms with Gasteiger partial charge in [0.15, 0.2) is 0 Å². The van der Waals surface area contributed by atoms with E-state index in [0.29, 0.717) is 11.5 Å². The fraction of sp³-hybridized carbons (Fsp3) is 0.200. The highest BCUT2D eigenvalue weighted by atomic mass is 16.5. The number of hydrogen-bond acceptors (Lipinski definition) is 4. The van der Waals surface area contributed by atoms with Gasteiger partial charge in [-0.3, -0.25) is 0 Å². The average molecular weight is 420 g/mol. The molecule has 0 aliphatic heterocycles. The Morgan fingerprint density at radius 3 is 1.48 bits per heavy atom. The van der Waals surface area contributed by atoms with Gasteiger partial charge in [-0.05, 0) is 72.9 Å². The molecule has 160 valence electrons. The van der Waals surface area contributed by atoms with Crippen LogP contribution < -0.4 is 9.47 Å². The summed E-state index contributed by atoms with van der Waals surface area (Å²) < 4.78 is 11.7. The van der Waals surface area contributed by atoms with E-state index in [9.17, 15) is 19.8 Å². The van der Waals surface area contributed by atoms with Gasteiger partial charge >= 0.3 is 11.9 Å². The van der Waals surface area contributed by atoms with Crippen LogP contribution in [0.15, 0.2) is 54.6 Å². The quantitative estimate of drug-likeness (QED) is 0.522. The third-order valence-corrected chi connectivity index (χ3v) is 5.27. The highest BCUT2D eigenvalue weighted by molar-refractivity contribution is 5.91. The number of aromatic carboxylic acids is 2. The van der Waals surface area contributed by atoms with Crippen molar-refractivity contribution < 1.29 is 29.3 Å². The Morgan fingerprint density at radius 2 is 1.10 bits per heavy atom. The molecule has 6 nitrogen and oxygen atoms in total. The molecular weight excluding hydrogens is 396 g/mol. The second-order valence-corrected chi connectivity index (χ2v) is 7.27. The summed E-state index contributed by atoms with van der Waals surface area (Å²) in [5.41, 5.74) is 5.12. The Labute approximate surface area is 180 Å². The molecule has 0 fully saturated rings. The summed E-state index contributed by atoms with van der Waals surface area (Å²) in [4.78, 5) is 22.8. The zero-order valence-electron chi connectivity index (χ0n) is 17.6. The van der Waals surface area contributed by atoms with Crippen LogP contribution in [-0.2, 0) is 13.2 Å². The molecule has 0 amide bonds. The normalized spacial score (nSPS) is 10.5. The lowest BCUT2D eigenvalue weighted by Crippen LogP contribution is -2.10. The van der Waals surface area contributed by atoms with Crippen molar-refractivity contribution in [3.63, 3.8) is 0 Å². The number of rotatable bonds is 8. The molecule has 0 heterocycles. The third kappa shape index (κ3) is 4.86. The van der Waals surface area contributed by atoms with Gasteiger partial charge in [-0.25, -0.2) is 9.59 Å². The Bertz CT molecular complexity index is 1050. The van der Waals surface area contributed by atoms with E-state index in [1.165, 1.54) is 12.1 Å². The predicted molar refractivity (Wildman–Crippen MR) is 116 cm³/mol. The van der Waals surface area contributed by atoms with E-state index in [0.717, 1.165) is 27.8 Å². The minimum Gasteiger partial charge on any atom is -0.488 e. The van der Waals surface area contributed by atoms with Gasteiger partial charge in [0.1, 0.15) is 35.8 Å². The fourth-order valence-corrected chi connectivity index (χ4v) is 3.56. The summed E-state index contributed by atoms with van der Waals surface area (Å²) in [5, 5.41) is 18.7. The van der Waals surface area contributed by atoms with Gasteiger partial charge in [0.05, 0.1) is 0 Å². The van der Waals surface area contributed by atoms with E-state index in [-0.39, 0.29) is 24.3 Å². The molecule has 3 rings (SSSR count). The lowest BCUT2D eigenvalue weighted by molar-refractivity contribution is 0.0680. The predicted octanol–water partition coefficient (Wildman–Crippen LogP) is 5.17. The van der Waals surface area contributed by atoms with Crippen LogP contribution in [-0.4, -0.2) is 22.2 Å². The van der Waals surface area contributed by atoms with Crippen LogP contribution in [0.25, 0.3) is 0 Å². The number of hydrogen-bond donors (Lipinski definition) is 2. The molecule has 0 spiro atoms. The van der Waals surface area contributed by atoms with E-state index in [2.05, 4.69) is 0 Å². The SMILES string of the molecule is Cc1cc(C)c(COc2ccccc2C(=O)O)c(C)c1COc1ccccc1C(=O)O. The molecule has 0 radical (unpaired) electrons. The van der Waals surface area contributed by atoms with Crippen LogP contribution in [0.1, 0.15) is 48.5 Å². The molecule has 2 N–H and O–H groups in total. The Hall–Kier alpha value is -3.80. The monoisotopic (exact) mass is 420 g/mol. The molecule has 0 aliphatic carbocycles. The smallest absolute Gasteiger partial charge is 0.339 e. The zero-order valence-corrected chi connectivity index (χ0v) is 17.6. The first-order chi connectivity index (χ1) is 14.8. The van der Waals surface area contributed by atoms with Gasteiger partial charge in [0, 0.05) is 0 Å². The van der Waals surface area contributed by atoms with Crippen LogP contribution >= 0.6 is 0 Å².